The second-order valence-electron chi connectivity index (χ2n) is 4.49. The SMILES string of the molecule is COC(=O)CC/C(=N\NC(C)(C)C)C(=O)OC. The zero-order valence-corrected chi connectivity index (χ0v) is 11.0. The fourth-order valence-corrected chi connectivity index (χ4v) is 0.879. The number of hydrogen-bond acceptors (Lipinski definition) is 6. The van der Waals surface area contributed by atoms with Crippen LogP contribution in [0.5, 0.6) is 0 Å². The van der Waals surface area contributed by atoms with Crippen LogP contribution in [0.1, 0.15) is 33.6 Å². The Morgan fingerprint density at radius 2 is 1.71 bits per heavy atom. The Labute approximate surface area is 101 Å². The van der Waals surface area contributed by atoms with E-state index in [1.165, 1.54) is 14.2 Å². The maximum Gasteiger partial charge on any atom is 0.354 e. The molecular formula is C11H20N2O4. The third-order valence-corrected chi connectivity index (χ3v) is 1.74. The van der Waals surface area contributed by atoms with Gasteiger partial charge in [-0.15, -0.1) is 0 Å². The molecule has 0 saturated heterocycles. The molecule has 6 nitrogen and oxygen atoms in total. The van der Waals surface area contributed by atoms with E-state index < -0.39 is 11.9 Å². The highest BCUT2D eigenvalue weighted by molar-refractivity contribution is 6.36. The molecule has 0 rings (SSSR count). The summed E-state index contributed by atoms with van der Waals surface area (Å²) < 4.78 is 9.07. The molecule has 0 unspecified atom stereocenters. The van der Waals surface area contributed by atoms with Gasteiger partial charge in [-0.3, -0.25) is 4.79 Å². The first kappa shape index (κ1) is 15.4. The van der Waals surface area contributed by atoms with Crippen LogP contribution in [0, 0.1) is 0 Å². The van der Waals surface area contributed by atoms with Crippen LogP contribution in [0.4, 0.5) is 0 Å². The van der Waals surface area contributed by atoms with E-state index >= 15 is 0 Å². The van der Waals surface area contributed by atoms with Gasteiger partial charge in [0.25, 0.3) is 0 Å². The van der Waals surface area contributed by atoms with Gasteiger partial charge < -0.3 is 14.9 Å². The van der Waals surface area contributed by atoms with Crippen molar-refractivity contribution in [3.63, 3.8) is 0 Å². The van der Waals surface area contributed by atoms with Gasteiger partial charge in [-0.05, 0) is 20.8 Å². The van der Waals surface area contributed by atoms with Crippen molar-refractivity contribution in [2.75, 3.05) is 14.2 Å². The molecule has 0 radical (unpaired) electrons. The summed E-state index contributed by atoms with van der Waals surface area (Å²) in [7, 11) is 2.57. The number of rotatable bonds is 5. The smallest absolute Gasteiger partial charge is 0.354 e. The molecule has 17 heavy (non-hydrogen) atoms. The maximum absolute atomic E-state index is 11.4. The highest BCUT2D eigenvalue weighted by atomic mass is 16.5. The van der Waals surface area contributed by atoms with E-state index in [0.29, 0.717) is 0 Å². The molecule has 0 fully saturated rings. The molecule has 0 spiro atoms. The molecule has 98 valence electrons. The Kier molecular flexibility index (Phi) is 6.23. The van der Waals surface area contributed by atoms with Crippen LogP contribution < -0.4 is 5.43 Å². The normalized spacial score (nSPS) is 11.9. The third-order valence-electron chi connectivity index (χ3n) is 1.74. The van der Waals surface area contributed by atoms with E-state index in [0.717, 1.165) is 0 Å². The Bertz CT molecular complexity index is 305. The van der Waals surface area contributed by atoms with Gasteiger partial charge in [0, 0.05) is 12.0 Å². The lowest BCUT2D eigenvalue weighted by Gasteiger charge is -2.18. The summed E-state index contributed by atoms with van der Waals surface area (Å²) >= 11 is 0. The minimum Gasteiger partial charge on any atom is -0.469 e. The van der Waals surface area contributed by atoms with Gasteiger partial charge in [0.05, 0.1) is 20.6 Å². The molecule has 6 heteroatoms. The average Bonchev–Trinajstić information content (AvgIpc) is 2.26. The molecule has 0 aliphatic rings. The second-order valence-corrected chi connectivity index (χ2v) is 4.49. The van der Waals surface area contributed by atoms with Crippen molar-refractivity contribution < 1.29 is 19.1 Å². The lowest BCUT2D eigenvalue weighted by Crippen LogP contribution is -2.33. The lowest BCUT2D eigenvalue weighted by molar-refractivity contribution is -0.140. The number of nitrogens with one attached hydrogen (secondary N) is 1. The number of hydrogen-bond donors (Lipinski definition) is 1. The lowest BCUT2D eigenvalue weighted by atomic mass is 10.1. The highest BCUT2D eigenvalue weighted by Gasteiger charge is 2.16. The predicted octanol–water partition coefficient (Wildman–Crippen LogP) is 0.857. The topological polar surface area (TPSA) is 77.0 Å². The molecule has 0 aromatic heterocycles. The van der Waals surface area contributed by atoms with Crippen molar-refractivity contribution in [1.82, 2.24) is 5.43 Å². The van der Waals surface area contributed by atoms with Crippen LogP contribution in [-0.4, -0.2) is 37.4 Å². The zero-order valence-electron chi connectivity index (χ0n) is 11.0. The number of hydrazone groups is 1. The minimum absolute atomic E-state index is 0.0935. The first-order valence-corrected chi connectivity index (χ1v) is 5.29. The molecule has 0 aliphatic carbocycles. The minimum atomic E-state index is -0.550. The molecule has 0 aliphatic heterocycles. The van der Waals surface area contributed by atoms with E-state index in [1.807, 2.05) is 20.8 Å². The van der Waals surface area contributed by atoms with Crippen LogP contribution in [0.3, 0.4) is 0 Å². The molecule has 0 aromatic rings. The van der Waals surface area contributed by atoms with Crippen LogP contribution >= 0.6 is 0 Å². The summed E-state index contributed by atoms with van der Waals surface area (Å²) in [6.07, 6.45) is 0.276. The van der Waals surface area contributed by atoms with E-state index in [2.05, 4.69) is 20.0 Å². The monoisotopic (exact) mass is 244 g/mol. The van der Waals surface area contributed by atoms with Gasteiger partial charge in [0.1, 0.15) is 5.71 Å². The standard InChI is InChI=1S/C11H20N2O4/c1-11(2,3)13-12-8(10(15)17-5)6-7-9(14)16-4/h13H,6-7H2,1-5H3/b12-8+. The Morgan fingerprint density at radius 3 is 2.12 bits per heavy atom. The van der Waals surface area contributed by atoms with E-state index in [-0.39, 0.29) is 24.1 Å². The molecular weight excluding hydrogens is 224 g/mol. The number of carbonyl (C=O) groups is 2. The summed E-state index contributed by atoms with van der Waals surface area (Å²) in [6, 6.07) is 0. The Balaban J connectivity index is 4.54. The molecule has 0 amide bonds. The van der Waals surface area contributed by atoms with E-state index in [4.69, 9.17) is 0 Å². The van der Waals surface area contributed by atoms with Crippen LogP contribution in [0.2, 0.25) is 0 Å². The van der Waals surface area contributed by atoms with Crippen molar-refractivity contribution in [2.24, 2.45) is 5.10 Å². The largest absolute Gasteiger partial charge is 0.469 e. The fraction of sp³-hybridized carbons (Fsp3) is 0.727. The second kappa shape index (κ2) is 6.88. The zero-order chi connectivity index (χ0) is 13.5. The summed E-state index contributed by atoms with van der Waals surface area (Å²) in [6.45, 7) is 5.73. The van der Waals surface area contributed by atoms with Gasteiger partial charge >= 0.3 is 11.9 Å². The predicted molar refractivity (Wildman–Crippen MR) is 63.6 cm³/mol. The van der Waals surface area contributed by atoms with Gasteiger partial charge in [0.2, 0.25) is 0 Å². The van der Waals surface area contributed by atoms with Gasteiger partial charge in [-0.25, -0.2) is 4.79 Å². The quantitative estimate of drug-likeness (QED) is 0.441. The summed E-state index contributed by atoms with van der Waals surface area (Å²) in [5.41, 5.74) is 2.73. The van der Waals surface area contributed by atoms with Crippen molar-refractivity contribution in [2.45, 2.75) is 39.2 Å². The molecule has 0 heterocycles. The Hall–Kier alpha value is -1.59. The fourth-order valence-electron chi connectivity index (χ4n) is 0.879. The summed E-state index contributed by atoms with van der Waals surface area (Å²) in [4.78, 5) is 22.4. The maximum atomic E-state index is 11.4. The van der Waals surface area contributed by atoms with Crippen LogP contribution in [0.15, 0.2) is 5.10 Å². The molecule has 1 N–H and O–H groups in total. The number of ether oxygens (including phenoxy) is 2. The van der Waals surface area contributed by atoms with Gasteiger partial charge in [-0.2, -0.15) is 5.10 Å². The Morgan fingerprint density at radius 1 is 1.12 bits per heavy atom. The van der Waals surface area contributed by atoms with Crippen LogP contribution in [-0.2, 0) is 19.1 Å². The number of esters is 2. The number of carbonyl (C=O) groups excluding carboxylic acids is 2. The average molecular weight is 244 g/mol. The van der Waals surface area contributed by atoms with Crippen molar-refractivity contribution in [1.29, 1.82) is 0 Å². The number of nitrogens with zero attached hydrogens (tertiary/aromatic N) is 1. The number of methoxy groups -OCH3 is 2. The van der Waals surface area contributed by atoms with E-state index in [1.54, 1.807) is 0 Å². The summed E-state index contributed by atoms with van der Waals surface area (Å²) in [5.74, 6) is -0.942. The van der Waals surface area contributed by atoms with Crippen molar-refractivity contribution in [3.8, 4) is 0 Å². The van der Waals surface area contributed by atoms with Crippen molar-refractivity contribution >= 4 is 17.7 Å². The van der Waals surface area contributed by atoms with Gasteiger partial charge in [0.15, 0.2) is 0 Å². The van der Waals surface area contributed by atoms with E-state index in [9.17, 15) is 9.59 Å². The molecule has 0 atom stereocenters. The van der Waals surface area contributed by atoms with Crippen molar-refractivity contribution in [3.05, 3.63) is 0 Å². The molecule has 0 aromatic carbocycles. The first-order valence-electron chi connectivity index (χ1n) is 5.29. The summed E-state index contributed by atoms with van der Waals surface area (Å²) in [5, 5.41) is 3.96. The molecule has 0 bridgehead atoms. The van der Waals surface area contributed by atoms with Crippen LogP contribution in [0.25, 0.3) is 0 Å². The molecule has 0 saturated carbocycles. The highest BCUT2D eigenvalue weighted by Crippen LogP contribution is 2.01. The van der Waals surface area contributed by atoms with Gasteiger partial charge in [-0.1, -0.05) is 0 Å². The third kappa shape index (κ3) is 7.32. The first-order chi connectivity index (χ1) is 7.80.